The molecule has 0 unspecified atom stereocenters. The van der Waals surface area contributed by atoms with Crippen LogP contribution in [-0.2, 0) is 6.61 Å². The van der Waals surface area contributed by atoms with Gasteiger partial charge in [-0.2, -0.15) is 10.2 Å². The fourth-order valence-electron chi connectivity index (χ4n) is 2.78. The van der Waals surface area contributed by atoms with Crippen molar-refractivity contribution < 1.29 is 5.11 Å². The molecule has 0 atom stereocenters. The van der Waals surface area contributed by atoms with Gasteiger partial charge in [0, 0.05) is 11.5 Å². The van der Waals surface area contributed by atoms with E-state index in [4.69, 9.17) is 11.6 Å². The van der Waals surface area contributed by atoms with Crippen molar-refractivity contribution in [1.29, 1.82) is 0 Å². The summed E-state index contributed by atoms with van der Waals surface area (Å²) in [6.07, 6.45) is 4.65. The third-order valence-corrected chi connectivity index (χ3v) is 4.24. The van der Waals surface area contributed by atoms with Gasteiger partial charge < -0.3 is 5.11 Å². The number of hydrogen-bond acceptors (Lipinski definition) is 4. The molecule has 3 rings (SSSR count). The molecule has 20 heavy (non-hydrogen) atoms. The zero-order valence-corrected chi connectivity index (χ0v) is 12.1. The molecule has 6 heteroatoms. The molecule has 1 aliphatic rings. The highest BCUT2D eigenvalue weighted by Gasteiger charge is 2.26. The number of aryl methyl sites for hydroxylation is 1. The number of nitrogens with zero attached hydrogens (tertiary/aromatic N) is 4. The number of aliphatic hydroxyl groups is 1. The quantitative estimate of drug-likeness (QED) is 0.945. The van der Waals surface area contributed by atoms with Crippen LogP contribution < -0.4 is 0 Å². The molecule has 1 aliphatic carbocycles. The Hall–Kier alpha value is -1.46. The van der Waals surface area contributed by atoms with Crippen LogP contribution in [0.15, 0.2) is 12.1 Å². The molecule has 2 aromatic rings. The predicted molar refractivity (Wildman–Crippen MR) is 76.0 cm³/mol. The molecule has 0 aliphatic heterocycles. The van der Waals surface area contributed by atoms with Crippen LogP contribution in [0.4, 0.5) is 0 Å². The molecule has 1 saturated carbocycles. The maximum absolute atomic E-state index is 9.59. The van der Waals surface area contributed by atoms with Gasteiger partial charge in [-0.25, -0.2) is 4.68 Å². The maximum Gasteiger partial charge on any atom is 0.177 e. The summed E-state index contributed by atoms with van der Waals surface area (Å²) in [4.78, 5) is 0. The molecule has 0 aromatic carbocycles. The molecule has 106 valence electrons. The van der Waals surface area contributed by atoms with E-state index < -0.39 is 0 Å². The van der Waals surface area contributed by atoms with Crippen LogP contribution in [0.3, 0.4) is 0 Å². The van der Waals surface area contributed by atoms with Crippen LogP contribution in [0.2, 0.25) is 5.15 Å². The number of hydrogen-bond donors (Lipinski definition) is 1. The minimum atomic E-state index is -0.0933. The summed E-state index contributed by atoms with van der Waals surface area (Å²) in [5.74, 6) is 0.980. The first-order chi connectivity index (χ1) is 9.70. The lowest BCUT2D eigenvalue weighted by Gasteiger charge is -2.06. The van der Waals surface area contributed by atoms with Crippen LogP contribution >= 0.6 is 11.6 Å². The molecule has 1 fully saturated rings. The third-order valence-electron chi connectivity index (χ3n) is 3.85. The van der Waals surface area contributed by atoms with E-state index in [9.17, 15) is 5.11 Å². The van der Waals surface area contributed by atoms with E-state index in [0.717, 1.165) is 29.8 Å². The van der Waals surface area contributed by atoms with Gasteiger partial charge in [0.1, 0.15) is 5.15 Å². The van der Waals surface area contributed by atoms with Crippen molar-refractivity contribution in [1.82, 2.24) is 20.0 Å². The first kappa shape index (κ1) is 13.5. The van der Waals surface area contributed by atoms with Gasteiger partial charge in [-0.1, -0.05) is 24.4 Å². The molecule has 0 amide bonds. The van der Waals surface area contributed by atoms with E-state index >= 15 is 0 Å². The topological polar surface area (TPSA) is 63.8 Å². The Kier molecular flexibility index (Phi) is 3.72. The highest BCUT2D eigenvalue weighted by Crippen LogP contribution is 2.37. The fraction of sp³-hybridized carbons (Fsp3) is 0.500. The monoisotopic (exact) mass is 292 g/mol. The largest absolute Gasteiger partial charge is 0.391 e. The van der Waals surface area contributed by atoms with Crippen molar-refractivity contribution in [2.75, 3.05) is 0 Å². The Balaban J connectivity index is 2.05. The first-order valence-corrected chi connectivity index (χ1v) is 7.27. The first-order valence-electron chi connectivity index (χ1n) is 6.89. The number of rotatable bonds is 3. The Morgan fingerprint density at radius 3 is 2.65 bits per heavy atom. The molecular weight excluding hydrogens is 276 g/mol. The average molecular weight is 293 g/mol. The summed E-state index contributed by atoms with van der Waals surface area (Å²) < 4.78 is 1.58. The van der Waals surface area contributed by atoms with Gasteiger partial charge in [0.25, 0.3) is 0 Å². The predicted octanol–water partition coefficient (Wildman–Crippen LogP) is 2.77. The molecular formula is C14H17ClN4O. The Labute approximate surface area is 122 Å². The molecule has 5 nitrogen and oxygen atoms in total. The maximum atomic E-state index is 9.59. The molecule has 0 spiro atoms. The van der Waals surface area contributed by atoms with Crippen LogP contribution in [0.1, 0.15) is 48.6 Å². The lowest BCUT2D eigenvalue weighted by Crippen LogP contribution is -2.03. The van der Waals surface area contributed by atoms with Gasteiger partial charge in [0.2, 0.25) is 0 Å². The van der Waals surface area contributed by atoms with E-state index in [1.165, 1.54) is 12.8 Å². The number of halogens is 1. The molecule has 2 aromatic heterocycles. The fourth-order valence-corrected chi connectivity index (χ4v) is 3.06. The van der Waals surface area contributed by atoms with Gasteiger partial charge in [-0.3, -0.25) is 0 Å². The van der Waals surface area contributed by atoms with Gasteiger partial charge >= 0.3 is 0 Å². The third kappa shape index (κ3) is 2.31. The summed E-state index contributed by atoms with van der Waals surface area (Å²) in [7, 11) is 0. The standard InChI is InChI=1S/C14H17ClN4O/c1-9-6-7-12(17-16-9)19-14(15)11(8-20)13(18-19)10-4-2-3-5-10/h6-7,10,20H,2-5,8H2,1H3. The van der Waals surface area contributed by atoms with E-state index in [1.807, 2.05) is 19.1 Å². The van der Waals surface area contributed by atoms with Crippen molar-refractivity contribution in [3.63, 3.8) is 0 Å². The van der Waals surface area contributed by atoms with Gasteiger partial charge in [0.15, 0.2) is 5.82 Å². The van der Waals surface area contributed by atoms with Crippen molar-refractivity contribution >= 4 is 11.6 Å². The van der Waals surface area contributed by atoms with E-state index in [2.05, 4.69) is 15.3 Å². The summed E-state index contributed by atoms with van der Waals surface area (Å²) in [5, 5.41) is 22.7. The molecule has 0 saturated heterocycles. The smallest absolute Gasteiger partial charge is 0.177 e. The summed E-state index contributed by atoms with van der Waals surface area (Å²) in [6, 6.07) is 3.70. The van der Waals surface area contributed by atoms with Gasteiger partial charge in [0.05, 0.1) is 18.0 Å². The lowest BCUT2D eigenvalue weighted by molar-refractivity contribution is 0.280. The Morgan fingerprint density at radius 2 is 2.05 bits per heavy atom. The summed E-state index contributed by atoms with van der Waals surface area (Å²) >= 11 is 6.36. The van der Waals surface area contributed by atoms with E-state index in [1.54, 1.807) is 4.68 Å². The molecule has 1 N–H and O–H groups in total. The zero-order chi connectivity index (χ0) is 14.1. The molecule has 0 bridgehead atoms. The summed E-state index contributed by atoms with van der Waals surface area (Å²) in [6.45, 7) is 1.79. The summed E-state index contributed by atoms with van der Waals surface area (Å²) in [5.41, 5.74) is 2.48. The minimum Gasteiger partial charge on any atom is -0.391 e. The van der Waals surface area contributed by atoms with E-state index in [-0.39, 0.29) is 6.61 Å². The van der Waals surface area contributed by atoms with Crippen molar-refractivity contribution in [2.45, 2.75) is 45.1 Å². The van der Waals surface area contributed by atoms with Crippen LogP contribution in [0.5, 0.6) is 0 Å². The van der Waals surface area contributed by atoms with Crippen LogP contribution in [-0.4, -0.2) is 25.1 Å². The van der Waals surface area contributed by atoms with Crippen LogP contribution in [0.25, 0.3) is 5.82 Å². The normalized spacial score (nSPS) is 15.9. The Bertz CT molecular complexity index is 602. The second-order valence-corrected chi connectivity index (χ2v) is 5.60. The zero-order valence-electron chi connectivity index (χ0n) is 11.4. The molecule has 0 radical (unpaired) electrons. The van der Waals surface area contributed by atoms with Crippen molar-refractivity contribution in [3.05, 3.63) is 34.2 Å². The van der Waals surface area contributed by atoms with Crippen molar-refractivity contribution in [2.24, 2.45) is 0 Å². The Morgan fingerprint density at radius 1 is 1.30 bits per heavy atom. The second-order valence-electron chi connectivity index (χ2n) is 5.24. The highest BCUT2D eigenvalue weighted by molar-refractivity contribution is 6.30. The van der Waals surface area contributed by atoms with Crippen LogP contribution in [0, 0.1) is 6.92 Å². The molecule has 2 heterocycles. The van der Waals surface area contributed by atoms with E-state index in [0.29, 0.717) is 16.9 Å². The number of aromatic nitrogens is 4. The van der Waals surface area contributed by atoms with Gasteiger partial charge in [-0.05, 0) is 31.9 Å². The lowest BCUT2D eigenvalue weighted by atomic mass is 10.0. The number of aliphatic hydroxyl groups excluding tert-OH is 1. The highest BCUT2D eigenvalue weighted by atomic mass is 35.5. The van der Waals surface area contributed by atoms with Gasteiger partial charge in [-0.15, -0.1) is 5.10 Å². The SMILES string of the molecule is Cc1ccc(-n2nc(C3CCCC3)c(CO)c2Cl)nn1. The second kappa shape index (κ2) is 5.50. The minimum absolute atomic E-state index is 0.0933. The van der Waals surface area contributed by atoms with Crippen molar-refractivity contribution in [3.8, 4) is 5.82 Å². The average Bonchev–Trinajstić information content (AvgIpc) is 3.07.